The van der Waals surface area contributed by atoms with Crippen molar-refractivity contribution in [3.8, 4) is 0 Å². The second kappa shape index (κ2) is 4.77. The van der Waals surface area contributed by atoms with Gasteiger partial charge in [-0.25, -0.2) is 0 Å². The van der Waals surface area contributed by atoms with Gasteiger partial charge in [-0.15, -0.1) is 0 Å². The molecule has 2 atom stereocenters. The van der Waals surface area contributed by atoms with Crippen LogP contribution in [0.1, 0.15) is 59.8 Å². The van der Waals surface area contributed by atoms with E-state index in [2.05, 4.69) is 33.0 Å². The smallest absolute Gasteiger partial charge is 0.0644 e. The summed E-state index contributed by atoms with van der Waals surface area (Å²) in [5, 5.41) is 3.89. The highest BCUT2D eigenvalue weighted by Gasteiger charge is 2.43. The molecular weight excluding hydrogens is 224 g/mol. The molecule has 0 bridgehead atoms. The van der Waals surface area contributed by atoms with Gasteiger partial charge in [0.15, 0.2) is 0 Å². The molecule has 1 heterocycles. The quantitative estimate of drug-likeness (QED) is 0.813. The van der Waals surface area contributed by atoms with Crippen LogP contribution in [0.2, 0.25) is 0 Å². The van der Waals surface area contributed by atoms with Gasteiger partial charge in [0.25, 0.3) is 0 Å². The molecule has 3 nitrogen and oxygen atoms in total. The van der Waals surface area contributed by atoms with Gasteiger partial charge >= 0.3 is 0 Å². The first-order valence-electron chi connectivity index (χ1n) is 7.38. The zero-order valence-corrected chi connectivity index (χ0v) is 12.5. The molecule has 0 amide bonds. The van der Waals surface area contributed by atoms with E-state index in [0.717, 1.165) is 26.0 Å². The topological polar surface area (TPSA) is 47.3 Å². The number of hydrogen-bond donors (Lipinski definition) is 2. The van der Waals surface area contributed by atoms with Crippen LogP contribution in [-0.4, -0.2) is 30.3 Å². The molecule has 0 spiro atoms. The Bertz CT molecular complexity index is 301. The summed E-state index contributed by atoms with van der Waals surface area (Å²) in [5.74, 6) is 0. The predicted octanol–water partition coefficient (Wildman–Crippen LogP) is 2.44. The largest absolute Gasteiger partial charge is 0.375 e. The molecule has 0 aromatic carbocycles. The molecule has 18 heavy (non-hydrogen) atoms. The average molecular weight is 254 g/mol. The van der Waals surface area contributed by atoms with Crippen molar-refractivity contribution in [1.29, 1.82) is 0 Å². The third kappa shape index (κ3) is 3.25. The molecule has 1 saturated heterocycles. The molecule has 1 aliphatic carbocycles. The Kier molecular flexibility index (Phi) is 3.79. The molecule has 2 fully saturated rings. The third-order valence-electron chi connectivity index (χ3n) is 4.71. The minimum atomic E-state index is -0.0429. The zero-order valence-electron chi connectivity index (χ0n) is 12.5. The molecule has 2 aliphatic rings. The summed E-state index contributed by atoms with van der Waals surface area (Å²) < 4.78 is 5.83. The summed E-state index contributed by atoms with van der Waals surface area (Å²) in [6, 6.07) is 0.637. The summed E-state index contributed by atoms with van der Waals surface area (Å²) >= 11 is 0. The van der Waals surface area contributed by atoms with E-state index < -0.39 is 0 Å². The summed E-state index contributed by atoms with van der Waals surface area (Å²) in [5.41, 5.74) is 6.63. The van der Waals surface area contributed by atoms with Crippen LogP contribution in [0, 0.1) is 5.41 Å². The number of ether oxygens (including phenoxy) is 1. The third-order valence-corrected chi connectivity index (χ3v) is 4.71. The lowest BCUT2D eigenvalue weighted by atomic mass is 9.80. The van der Waals surface area contributed by atoms with Crippen LogP contribution in [-0.2, 0) is 4.74 Å². The van der Waals surface area contributed by atoms with Crippen molar-refractivity contribution < 1.29 is 4.74 Å². The van der Waals surface area contributed by atoms with Crippen molar-refractivity contribution in [2.75, 3.05) is 13.2 Å². The second-order valence-electron chi connectivity index (χ2n) is 7.77. The van der Waals surface area contributed by atoms with Gasteiger partial charge in [-0.3, -0.25) is 0 Å². The van der Waals surface area contributed by atoms with E-state index in [1.54, 1.807) is 0 Å². The molecule has 0 radical (unpaired) electrons. The van der Waals surface area contributed by atoms with E-state index in [9.17, 15) is 0 Å². The first-order valence-corrected chi connectivity index (χ1v) is 7.38. The minimum Gasteiger partial charge on any atom is -0.375 e. The molecule has 3 N–H and O–H groups in total. The minimum absolute atomic E-state index is 0.0429. The van der Waals surface area contributed by atoms with Crippen molar-refractivity contribution in [2.24, 2.45) is 11.1 Å². The number of rotatable bonds is 3. The van der Waals surface area contributed by atoms with Crippen LogP contribution in [0.5, 0.6) is 0 Å². The molecular formula is C15H30N2O. The van der Waals surface area contributed by atoms with Crippen LogP contribution in [0.15, 0.2) is 0 Å². The van der Waals surface area contributed by atoms with E-state index in [-0.39, 0.29) is 11.1 Å². The van der Waals surface area contributed by atoms with E-state index in [0.29, 0.717) is 11.5 Å². The maximum Gasteiger partial charge on any atom is 0.0644 e. The van der Waals surface area contributed by atoms with Crippen molar-refractivity contribution >= 4 is 0 Å². The molecule has 3 heteroatoms. The Morgan fingerprint density at radius 1 is 1.22 bits per heavy atom. The highest BCUT2D eigenvalue weighted by Crippen LogP contribution is 2.39. The number of hydrogen-bond acceptors (Lipinski definition) is 3. The molecule has 0 aromatic heterocycles. The Morgan fingerprint density at radius 3 is 2.44 bits per heavy atom. The maximum atomic E-state index is 6.09. The maximum absolute atomic E-state index is 6.09. The highest BCUT2D eigenvalue weighted by atomic mass is 16.5. The fourth-order valence-electron chi connectivity index (χ4n) is 3.83. The summed E-state index contributed by atoms with van der Waals surface area (Å²) in [7, 11) is 0. The van der Waals surface area contributed by atoms with Gasteiger partial charge in [-0.2, -0.15) is 0 Å². The van der Waals surface area contributed by atoms with Crippen LogP contribution < -0.4 is 11.1 Å². The lowest BCUT2D eigenvalue weighted by Gasteiger charge is -2.46. The normalized spacial score (nSPS) is 38.8. The molecule has 1 aliphatic heterocycles. The predicted molar refractivity (Wildman–Crippen MR) is 75.6 cm³/mol. The van der Waals surface area contributed by atoms with Crippen LogP contribution in [0.4, 0.5) is 0 Å². The fourth-order valence-corrected chi connectivity index (χ4v) is 3.83. The van der Waals surface area contributed by atoms with E-state index >= 15 is 0 Å². The van der Waals surface area contributed by atoms with Gasteiger partial charge in [0.05, 0.1) is 5.60 Å². The first kappa shape index (κ1) is 14.3. The van der Waals surface area contributed by atoms with Crippen molar-refractivity contribution in [3.63, 3.8) is 0 Å². The van der Waals surface area contributed by atoms with Crippen molar-refractivity contribution in [2.45, 2.75) is 77.0 Å². The van der Waals surface area contributed by atoms with Gasteiger partial charge in [0, 0.05) is 24.7 Å². The Morgan fingerprint density at radius 2 is 1.94 bits per heavy atom. The summed E-state index contributed by atoms with van der Waals surface area (Å²) in [6.07, 6.45) is 5.95. The molecule has 106 valence electrons. The lowest BCUT2D eigenvalue weighted by molar-refractivity contribution is -0.0878. The van der Waals surface area contributed by atoms with Crippen LogP contribution >= 0.6 is 0 Å². The zero-order chi connectivity index (χ0) is 13.4. The second-order valence-corrected chi connectivity index (χ2v) is 7.77. The highest BCUT2D eigenvalue weighted by molar-refractivity contribution is 5.01. The monoisotopic (exact) mass is 254 g/mol. The fraction of sp³-hybridized carbons (Fsp3) is 1.00. The van der Waals surface area contributed by atoms with Gasteiger partial charge in [-0.05, 0) is 51.4 Å². The standard InChI is InChI=1S/C15H30N2O/c1-13(2)6-5-12(9-13)17-15(11-16)7-8-18-14(3,4)10-15/h12,17H,5-11,16H2,1-4H3. The first-order chi connectivity index (χ1) is 8.26. The Labute approximate surface area is 112 Å². The van der Waals surface area contributed by atoms with Crippen LogP contribution in [0.25, 0.3) is 0 Å². The lowest BCUT2D eigenvalue weighted by Crippen LogP contribution is -2.61. The molecule has 0 aromatic rings. The van der Waals surface area contributed by atoms with E-state index in [1.807, 2.05) is 0 Å². The van der Waals surface area contributed by atoms with Gasteiger partial charge in [0.1, 0.15) is 0 Å². The molecule has 1 saturated carbocycles. The summed E-state index contributed by atoms with van der Waals surface area (Å²) in [6.45, 7) is 10.6. The SMILES string of the molecule is CC1(C)CCC(NC2(CN)CCOC(C)(C)C2)C1. The van der Waals surface area contributed by atoms with E-state index in [4.69, 9.17) is 10.5 Å². The van der Waals surface area contributed by atoms with Gasteiger partial charge in [-0.1, -0.05) is 13.8 Å². The summed E-state index contributed by atoms with van der Waals surface area (Å²) in [4.78, 5) is 0. The van der Waals surface area contributed by atoms with Gasteiger partial charge < -0.3 is 15.8 Å². The van der Waals surface area contributed by atoms with Gasteiger partial charge in [0.2, 0.25) is 0 Å². The van der Waals surface area contributed by atoms with Crippen LogP contribution in [0.3, 0.4) is 0 Å². The number of nitrogens with one attached hydrogen (secondary N) is 1. The average Bonchev–Trinajstić information content (AvgIpc) is 2.56. The number of nitrogens with two attached hydrogens (primary N) is 1. The van der Waals surface area contributed by atoms with E-state index in [1.165, 1.54) is 19.3 Å². The van der Waals surface area contributed by atoms with Crippen molar-refractivity contribution in [1.82, 2.24) is 5.32 Å². The Hall–Kier alpha value is -0.120. The van der Waals surface area contributed by atoms with Crippen molar-refractivity contribution in [3.05, 3.63) is 0 Å². The Balaban J connectivity index is 2.00. The molecule has 2 rings (SSSR count). The molecule has 2 unspecified atom stereocenters.